The van der Waals surface area contributed by atoms with Gasteiger partial charge in [0.15, 0.2) is 11.6 Å². The van der Waals surface area contributed by atoms with Gasteiger partial charge in [-0.15, -0.1) is 0 Å². The molecule has 2 amide bonds. The summed E-state index contributed by atoms with van der Waals surface area (Å²) in [6.45, 7) is 8.92. The van der Waals surface area contributed by atoms with Crippen molar-refractivity contribution in [3.05, 3.63) is 104 Å². The van der Waals surface area contributed by atoms with E-state index in [1.165, 1.54) is 6.07 Å². The number of carbonyl (C=O) groups excluding carboxylic acids is 4. The predicted molar refractivity (Wildman–Crippen MR) is 189 cm³/mol. The molecule has 0 N–H and O–H groups in total. The minimum absolute atomic E-state index is 0.00444. The van der Waals surface area contributed by atoms with Crippen molar-refractivity contribution >= 4 is 55.4 Å². The highest BCUT2D eigenvalue weighted by atomic mass is 79.9. The fraction of sp³-hybridized carbons (Fsp3) is 0.405. The second kappa shape index (κ2) is 15.0. The Labute approximate surface area is 297 Å². The van der Waals surface area contributed by atoms with Crippen LogP contribution < -0.4 is 0 Å². The number of carbonyl (C=O) groups is 4. The molecule has 2 heterocycles. The van der Waals surface area contributed by atoms with E-state index < -0.39 is 35.3 Å². The van der Waals surface area contributed by atoms with Crippen molar-refractivity contribution in [3.8, 4) is 0 Å². The number of Topliss-reactive ketones (excluding diaryl/α,β-unsaturated/α-hetero) is 2. The molecule has 0 bridgehead atoms. The maximum atomic E-state index is 15.1. The van der Waals surface area contributed by atoms with Crippen LogP contribution in [0.4, 0.5) is 9.18 Å². The van der Waals surface area contributed by atoms with E-state index in [0.29, 0.717) is 48.4 Å². The van der Waals surface area contributed by atoms with Crippen LogP contribution in [0.2, 0.25) is 0 Å². The van der Waals surface area contributed by atoms with Crippen molar-refractivity contribution < 1.29 is 28.3 Å². The largest absolute Gasteiger partial charge is 0.444 e. The van der Waals surface area contributed by atoms with E-state index >= 15 is 4.39 Å². The van der Waals surface area contributed by atoms with E-state index in [0.717, 1.165) is 8.95 Å². The number of likely N-dealkylation sites (tertiary alicyclic amines) is 1. The van der Waals surface area contributed by atoms with Gasteiger partial charge in [0.25, 0.3) is 0 Å². The first-order chi connectivity index (χ1) is 22.7. The third kappa shape index (κ3) is 8.41. The van der Waals surface area contributed by atoms with Crippen LogP contribution in [-0.2, 0) is 9.53 Å². The van der Waals surface area contributed by atoms with Crippen molar-refractivity contribution in [2.45, 2.75) is 39.2 Å². The van der Waals surface area contributed by atoms with Crippen LogP contribution in [0.3, 0.4) is 0 Å². The van der Waals surface area contributed by atoms with Gasteiger partial charge >= 0.3 is 6.09 Å². The molecule has 11 heteroatoms. The molecule has 2 unspecified atom stereocenters. The minimum Gasteiger partial charge on any atom is -0.444 e. The molecule has 8 nitrogen and oxygen atoms in total. The summed E-state index contributed by atoms with van der Waals surface area (Å²) in [5.74, 6) is -3.00. The smallest absolute Gasteiger partial charge is 0.410 e. The number of rotatable bonds is 7. The molecule has 2 fully saturated rings. The molecule has 48 heavy (non-hydrogen) atoms. The van der Waals surface area contributed by atoms with Gasteiger partial charge in [-0.1, -0.05) is 68.3 Å². The minimum atomic E-state index is -0.735. The second-order valence-electron chi connectivity index (χ2n) is 13.5. The summed E-state index contributed by atoms with van der Waals surface area (Å²) in [4.78, 5) is 60.2. The summed E-state index contributed by atoms with van der Waals surface area (Å²) in [5.41, 5.74) is 1.35. The molecule has 2 aliphatic heterocycles. The monoisotopic (exact) mass is 783 g/mol. The van der Waals surface area contributed by atoms with Crippen LogP contribution in [0, 0.1) is 24.6 Å². The highest BCUT2D eigenvalue weighted by Crippen LogP contribution is 2.42. The molecule has 5 rings (SSSR count). The van der Waals surface area contributed by atoms with Gasteiger partial charge in [0.2, 0.25) is 5.91 Å². The van der Waals surface area contributed by atoms with E-state index in [1.54, 1.807) is 77.4 Å². The van der Waals surface area contributed by atoms with E-state index in [-0.39, 0.29) is 37.1 Å². The summed E-state index contributed by atoms with van der Waals surface area (Å²) >= 11 is 6.87. The molecule has 0 radical (unpaired) electrons. The Bertz CT molecular complexity index is 1600. The number of benzene rings is 3. The zero-order valence-electron chi connectivity index (χ0n) is 27.5. The van der Waals surface area contributed by atoms with Crippen LogP contribution in [0.1, 0.15) is 58.5 Å². The van der Waals surface area contributed by atoms with Gasteiger partial charge in [0.1, 0.15) is 11.4 Å². The Morgan fingerprint density at radius 2 is 1.25 bits per heavy atom. The van der Waals surface area contributed by atoms with Gasteiger partial charge in [-0.3, -0.25) is 19.3 Å². The molecule has 2 aliphatic rings. The lowest BCUT2D eigenvalue weighted by Gasteiger charge is -2.44. The van der Waals surface area contributed by atoms with Crippen LogP contribution in [0.5, 0.6) is 0 Å². The van der Waals surface area contributed by atoms with Crippen molar-refractivity contribution in [3.63, 3.8) is 0 Å². The maximum absolute atomic E-state index is 15.1. The number of ketones is 2. The topological polar surface area (TPSA) is 87.2 Å². The number of hydrogen-bond acceptors (Lipinski definition) is 6. The molecule has 0 aliphatic carbocycles. The third-order valence-electron chi connectivity index (χ3n) is 9.02. The van der Waals surface area contributed by atoms with Crippen LogP contribution in [0.25, 0.3) is 0 Å². The van der Waals surface area contributed by atoms with Crippen LogP contribution in [-0.4, -0.2) is 89.7 Å². The Kier molecular flexibility index (Phi) is 11.2. The molecular weight excluding hydrogens is 745 g/mol. The maximum Gasteiger partial charge on any atom is 0.410 e. The third-order valence-corrected chi connectivity index (χ3v) is 10.1. The average Bonchev–Trinajstić information content (AvgIpc) is 3.05. The van der Waals surface area contributed by atoms with Gasteiger partial charge in [0.05, 0.1) is 6.54 Å². The number of piperazine rings is 1. The van der Waals surface area contributed by atoms with E-state index in [1.807, 2.05) is 25.7 Å². The molecule has 3 aromatic rings. The van der Waals surface area contributed by atoms with Gasteiger partial charge < -0.3 is 14.5 Å². The molecule has 0 spiro atoms. The van der Waals surface area contributed by atoms with E-state index in [2.05, 4.69) is 31.9 Å². The zero-order chi connectivity index (χ0) is 34.7. The van der Waals surface area contributed by atoms with Gasteiger partial charge in [-0.25, -0.2) is 9.18 Å². The fourth-order valence-electron chi connectivity index (χ4n) is 6.59. The van der Waals surface area contributed by atoms with Crippen LogP contribution >= 0.6 is 31.9 Å². The first kappa shape index (κ1) is 35.9. The number of halogens is 3. The summed E-state index contributed by atoms with van der Waals surface area (Å²) in [5, 5.41) is 0. The number of nitrogens with zero attached hydrogens (tertiary/aromatic N) is 3. The molecule has 0 saturated carbocycles. The lowest BCUT2D eigenvalue weighted by molar-refractivity contribution is -0.134. The van der Waals surface area contributed by atoms with Gasteiger partial charge in [0, 0.05) is 77.1 Å². The van der Waals surface area contributed by atoms with E-state index in [9.17, 15) is 19.2 Å². The fourth-order valence-corrected chi connectivity index (χ4v) is 7.12. The Morgan fingerprint density at radius 3 is 1.73 bits per heavy atom. The lowest BCUT2D eigenvalue weighted by Crippen LogP contribution is -2.56. The first-order valence-electron chi connectivity index (χ1n) is 16.0. The second-order valence-corrected chi connectivity index (χ2v) is 15.3. The molecule has 2 atom stereocenters. The van der Waals surface area contributed by atoms with E-state index in [4.69, 9.17) is 4.74 Å². The number of ether oxygens (including phenoxy) is 1. The standard InChI is InChI=1S/C37H40Br2FN3O5/c1-23-28(6-5-7-31(23)40)33-29(34(45)24-8-12-26(38)13-9-24)20-41(21-30(33)35(46)25-10-14-27(39)15-11-25)22-32(44)42-16-18-43(19-17-42)36(47)48-37(2,3)4/h5-15,29-30,33H,16-22H2,1-4H3. The Balaban J connectivity index is 1.46. The highest BCUT2D eigenvalue weighted by Gasteiger charge is 2.46. The lowest BCUT2D eigenvalue weighted by atomic mass is 9.68. The molecule has 254 valence electrons. The van der Waals surface area contributed by atoms with Crippen molar-refractivity contribution in [2.24, 2.45) is 11.8 Å². The Hall–Kier alpha value is -3.41. The van der Waals surface area contributed by atoms with Crippen LogP contribution in [0.15, 0.2) is 75.7 Å². The number of piperidine rings is 1. The highest BCUT2D eigenvalue weighted by molar-refractivity contribution is 9.10. The van der Waals surface area contributed by atoms with Crippen molar-refractivity contribution in [2.75, 3.05) is 45.8 Å². The quantitative estimate of drug-likeness (QED) is 0.237. The first-order valence-corrected chi connectivity index (χ1v) is 17.6. The predicted octanol–water partition coefficient (Wildman–Crippen LogP) is 7.14. The molecule has 3 aromatic carbocycles. The normalized spacial score (nSPS) is 20.4. The number of hydrogen-bond donors (Lipinski definition) is 0. The van der Waals surface area contributed by atoms with Crippen molar-refractivity contribution in [1.29, 1.82) is 0 Å². The summed E-state index contributed by atoms with van der Waals surface area (Å²) in [6.07, 6.45) is -0.409. The zero-order valence-corrected chi connectivity index (χ0v) is 30.7. The van der Waals surface area contributed by atoms with Crippen molar-refractivity contribution in [1.82, 2.24) is 14.7 Å². The summed E-state index contributed by atoms with van der Waals surface area (Å²) in [7, 11) is 0. The Morgan fingerprint density at radius 1 is 0.771 bits per heavy atom. The SMILES string of the molecule is Cc1c(F)cccc1C1C(C(=O)c2ccc(Br)cc2)CN(CC(=O)N2CCN(C(=O)OC(C)(C)C)CC2)CC1C(=O)c1ccc(Br)cc1. The number of amides is 2. The summed E-state index contributed by atoms with van der Waals surface area (Å²) in [6, 6.07) is 18.9. The van der Waals surface area contributed by atoms with Gasteiger partial charge in [-0.2, -0.15) is 0 Å². The molecular formula is C37H40Br2FN3O5. The van der Waals surface area contributed by atoms with Gasteiger partial charge in [-0.05, 0) is 69.2 Å². The summed E-state index contributed by atoms with van der Waals surface area (Å²) < 4.78 is 22.2. The molecule has 2 saturated heterocycles. The average molecular weight is 786 g/mol. The molecule has 0 aromatic heterocycles.